The van der Waals surface area contributed by atoms with E-state index >= 15 is 0 Å². The van der Waals surface area contributed by atoms with Gasteiger partial charge in [-0.3, -0.25) is 14.6 Å². The van der Waals surface area contributed by atoms with Gasteiger partial charge in [-0.1, -0.05) is 0 Å². The van der Waals surface area contributed by atoms with Crippen molar-refractivity contribution >= 4 is 11.8 Å². The topological polar surface area (TPSA) is 62.7 Å². The van der Waals surface area contributed by atoms with Gasteiger partial charge in [-0.15, -0.1) is 0 Å². The number of carbonyl (C=O) groups is 2. The van der Waals surface area contributed by atoms with Crippen molar-refractivity contribution in [3.8, 4) is 0 Å². The van der Waals surface area contributed by atoms with Crippen LogP contribution in [0.2, 0.25) is 0 Å². The molecule has 1 atom stereocenters. The Labute approximate surface area is 148 Å². The van der Waals surface area contributed by atoms with Gasteiger partial charge < -0.3 is 14.5 Å². The third kappa shape index (κ3) is 3.15. The summed E-state index contributed by atoms with van der Waals surface area (Å²) < 4.78 is 5.35. The molecule has 0 radical (unpaired) electrons. The van der Waals surface area contributed by atoms with Crippen LogP contribution in [0, 0.1) is 5.92 Å². The number of nitrogens with zero attached hydrogens (tertiary/aromatic N) is 3. The number of aromatic nitrogens is 1. The van der Waals surface area contributed by atoms with E-state index in [1.54, 1.807) is 12.4 Å². The Morgan fingerprint density at radius 2 is 2.00 bits per heavy atom. The Hall–Kier alpha value is -1.95. The highest BCUT2D eigenvalue weighted by Crippen LogP contribution is 2.40. The Morgan fingerprint density at radius 1 is 1.24 bits per heavy atom. The van der Waals surface area contributed by atoms with E-state index in [9.17, 15) is 9.59 Å². The van der Waals surface area contributed by atoms with Crippen LogP contribution in [0.4, 0.5) is 0 Å². The third-order valence-corrected chi connectivity index (χ3v) is 6.05. The van der Waals surface area contributed by atoms with E-state index in [0.29, 0.717) is 26.2 Å². The number of carbonyl (C=O) groups excluding carboxylic acids is 2. The molecule has 0 aliphatic carbocycles. The highest BCUT2D eigenvalue weighted by atomic mass is 16.5. The van der Waals surface area contributed by atoms with Crippen molar-refractivity contribution in [3.05, 3.63) is 30.1 Å². The van der Waals surface area contributed by atoms with E-state index in [4.69, 9.17) is 4.74 Å². The molecule has 4 heterocycles. The van der Waals surface area contributed by atoms with Crippen molar-refractivity contribution in [2.24, 2.45) is 5.92 Å². The predicted octanol–water partition coefficient (Wildman–Crippen LogP) is 1.60. The van der Waals surface area contributed by atoms with E-state index in [2.05, 4.69) is 9.88 Å². The summed E-state index contributed by atoms with van der Waals surface area (Å²) in [6.45, 7) is 3.40. The second kappa shape index (κ2) is 6.75. The number of piperidine rings is 1. The van der Waals surface area contributed by atoms with Gasteiger partial charge >= 0.3 is 0 Å². The molecule has 3 aliphatic rings. The van der Waals surface area contributed by atoms with Crippen LogP contribution in [0.25, 0.3) is 0 Å². The van der Waals surface area contributed by atoms with Gasteiger partial charge in [0.25, 0.3) is 0 Å². The third-order valence-electron chi connectivity index (χ3n) is 6.05. The standard InChI is InChI=1S/C19H25N3O3/c23-17-1-5-19(22(17)13-15-2-8-20-9-3-15)6-10-21(11-7-19)18(24)16-4-12-25-14-16/h2-3,8-9,16H,1,4-7,10-14H2. The van der Waals surface area contributed by atoms with Crippen molar-refractivity contribution in [1.82, 2.24) is 14.8 Å². The Bertz CT molecular complexity index is 635. The van der Waals surface area contributed by atoms with E-state index in [0.717, 1.165) is 44.3 Å². The predicted molar refractivity (Wildman–Crippen MR) is 91.5 cm³/mol. The zero-order valence-corrected chi connectivity index (χ0v) is 14.5. The number of pyridine rings is 1. The Balaban J connectivity index is 1.43. The first-order valence-electron chi connectivity index (χ1n) is 9.24. The fourth-order valence-corrected chi connectivity index (χ4v) is 4.45. The molecule has 0 saturated carbocycles. The number of amides is 2. The number of hydrogen-bond acceptors (Lipinski definition) is 4. The molecule has 25 heavy (non-hydrogen) atoms. The lowest BCUT2D eigenvalue weighted by molar-refractivity contribution is -0.140. The molecule has 0 N–H and O–H groups in total. The van der Waals surface area contributed by atoms with Gasteiger partial charge in [0, 0.05) is 50.6 Å². The summed E-state index contributed by atoms with van der Waals surface area (Å²) in [4.78, 5) is 33.2. The van der Waals surface area contributed by atoms with E-state index in [1.165, 1.54) is 0 Å². The van der Waals surface area contributed by atoms with Crippen LogP contribution in [0.5, 0.6) is 0 Å². The molecule has 6 nitrogen and oxygen atoms in total. The first-order valence-corrected chi connectivity index (χ1v) is 9.24. The van der Waals surface area contributed by atoms with Crippen LogP contribution in [0.15, 0.2) is 24.5 Å². The van der Waals surface area contributed by atoms with Crippen molar-refractivity contribution in [3.63, 3.8) is 0 Å². The molecular formula is C19H25N3O3. The second-order valence-corrected chi connectivity index (χ2v) is 7.45. The van der Waals surface area contributed by atoms with Gasteiger partial charge in [0.2, 0.25) is 11.8 Å². The molecule has 0 aromatic carbocycles. The lowest BCUT2D eigenvalue weighted by Gasteiger charge is -2.45. The number of hydrogen-bond donors (Lipinski definition) is 0. The molecule has 134 valence electrons. The van der Waals surface area contributed by atoms with Crippen LogP contribution in [0.3, 0.4) is 0 Å². The van der Waals surface area contributed by atoms with Gasteiger partial charge in [-0.25, -0.2) is 0 Å². The summed E-state index contributed by atoms with van der Waals surface area (Å²) in [7, 11) is 0. The van der Waals surface area contributed by atoms with E-state index in [-0.39, 0.29) is 23.3 Å². The lowest BCUT2D eigenvalue weighted by Crippen LogP contribution is -2.54. The molecule has 1 spiro atoms. The van der Waals surface area contributed by atoms with Crippen LogP contribution in [-0.4, -0.2) is 58.4 Å². The van der Waals surface area contributed by atoms with Crippen LogP contribution in [-0.2, 0) is 20.9 Å². The average Bonchev–Trinajstić information content (AvgIpc) is 3.28. The maximum absolute atomic E-state index is 12.6. The molecule has 1 aromatic heterocycles. The maximum Gasteiger partial charge on any atom is 0.228 e. The Kier molecular flexibility index (Phi) is 4.46. The van der Waals surface area contributed by atoms with Gasteiger partial charge in [0.1, 0.15) is 0 Å². The second-order valence-electron chi connectivity index (χ2n) is 7.45. The quantitative estimate of drug-likeness (QED) is 0.836. The summed E-state index contributed by atoms with van der Waals surface area (Å²) in [5.41, 5.74) is 1.04. The molecule has 6 heteroatoms. The SMILES string of the molecule is O=C(C1CCOC1)N1CCC2(CCC(=O)N2Cc2ccncc2)CC1. The first-order chi connectivity index (χ1) is 12.2. The fourth-order valence-electron chi connectivity index (χ4n) is 4.45. The summed E-state index contributed by atoms with van der Waals surface area (Å²) in [6, 6.07) is 3.94. The fraction of sp³-hybridized carbons (Fsp3) is 0.632. The van der Waals surface area contributed by atoms with Gasteiger partial charge in [-0.2, -0.15) is 0 Å². The van der Waals surface area contributed by atoms with Crippen LogP contribution >= 0.6 is 0 Å². The summed E-state index contributed by atoms with van der Waals surface area (Å²) in [6.07, 6.45) is 7.67. The van der Waals surface area contributed by atoms with Gasteiger partial charge in [0.15, 0.2) is 0 Å². The molecular weight excluding hydrogens is 318 g/mol. The van der Waals surface area contributed by atoms with Crippen molar-refractivity contribution in [1.29, 1.82) is 0 Å². The van der Waals surface area contributed by atoms with Crippen LogP contribution in [0.1, 0.15) is 37.7 Å². The van der Waals surface area contributed by atoms with Crippen molar-refractivity contribution < 1.29 is 14.3 Å². The smallest absolute Gasteiger partial charge is 0.228 e. The molecule has 3 fully saturated rings. The Morgan fingerprint density at radius 3 is 2.68 bits per heavy atom. The normalized spacial score (nSPS) is 25.8. The molecule has 0 bridgehead atoms. The van der Waals surface area contributed by atoms with E-state index in [1.807, 2.05) is 17.0 Å². The van der Waals surface area contributed by atoms with Crippen LogP contribution < -0.4 is 0 Å². The number of likely N-dealkylation sites (tertiary alicyclic amines) is 2. The highest BCUT2D eigenvalue weighted by Gasteiger charge is 2.47. The molecule has 1 unspecified atom stereocenters. The van der Waals surface area contributed by atoms with Crippen molar-refractivity contribution in [2.45, 2.75) is 44.2 Å². The molecule has 3 saturated heterocycles. The molecule has 3 aliphatic heterocycles. The summed E-state index contributed by atoms with van der Waals surface area (Å²) in [5.74, 6) is 0.505. The summed E-state index contributed by atoms with van der Waals surface area (Å²) >= 11 is 0. The number of rotatable bonds is 3. The summed E-state index contributed by atoms with van der Waals surface area (Å²) in [5, 5.41) is 0. The molecule has 2 amide bonds. The minimum Gasteiger partial charge on any atom is -0.381 e. The zero-order valence-electron chi connectivity index (χ0n) is 14.5. The zero-order chi connectivity index (χ0) is 17.3. The van der Waals surface area contributed by atoms with E-state index < -0.39 is 0 Å². The maximum atomic E-state index is 12.6. The lowest BCUT2D eigenvalue weighted by atomic mass is 9.84. The molecule has 1 aromatic rings. The first kappa shape index (κ1) is 16.5. The largest absolute Gasteiger partial charge is 0.381 e. The van der Waals surface area contributed by atoms with Crippen molar-refractivity contribution in [2.75, 3.05) is 26.3 Å². The van der Waals surface area contributed by atoms with Gasteiger partial charge in [-0.05, 0) is 43.4 Å². The van der Waals surface area contributed by atoms with Gasteiger partial charge in [0.05, 0.1) is 12.5 Å². The molecule has 4 rings (SSSR count). The highest BCUT2D eigenvalue weighted by molar-refractivity contribution is 5.81. The number of ether oxygens (including phenoxy) is 1. The average molecular weight is 343 g/mol. The minimum absolute atomic E-state index is 0.0344. The monoisotopic (exact) mass is 343 g/mol. The minimum atomic E-state index is -0.0801.